The van der Waals surface area contributed by atoms with E-state index < -0.39 is 0 Å². The Morgan fingerprint density at radius 2 is 2.26 bits per heavy atom. The number of carbonyl (C=O) groups is 1. The van der Waals surface area contributed by atoms with Gasteiger partial charge < -0.3 is 5.32 Å². The molecular formula is C13H13BrClN3O. The number of hydrogen-bond donors (Lipinski definition) is 1. The lowest BCUT2D eigenvalue weighted by Crippen LogP contribution is -2.12. The van der Waals surface area contributed by atoms with Gasteiger partial charge in [0.05, 0.1) is 16.4 Å². The molecule has 1 amide bonds. The second kappa shape index (κ2) is 5.75. The van der Waals surface area contributed by atoms with E-state index in [2.05, 4.69) is 26.3 Å². The van der Waals surface area contributed by atoms with Gasteiger partial charge in [0.1, 0.15) is 0 Å². The van der Waals surface area contributed by atoms with Gasteiger partial charge in [-0.25, -0.2) is 0 Å². The molecule has 0 atom stereocenters. The molecule has 0 saturated heterocycles. The molecule has 2 rings (SSSR count). The fourth-order valence-corrected chi connectivity index (χ4v) is 2.16. The van der Waals surface area contributed by atoms with Crippen LogP contribution in [0.25, 0.3) is 0 Å². The van der Waals surface area contributed by atoms with Crippen molar-refractivity contribution in [3.63, 3.8) is 0 Å². The minimum Gasteiger partial charge on any atom is -0.319 e. The van der Waals surface area contributed by atoms with E-state index in [-0.39, 0.29) is 5.91 Å². The van der Waals surface area contributed by atoms with Crippen molar-refractivity contribution >= 4 is 39.1 Å². The zero-order chi connectivity index (χ0) is 14.0. The summed E-state index contributed by atoms with van der Waals surface area (Å²) in [6.07, 6.45) is 2.55. The van der Waals surface area contributed by atoms with Gasteiger partial charge in [-0.15, -0.1) is 0 Å². The Morgan fingerprint density at radius 1 is 1.53 bits per heavy atom. The SMILES string of the molecule is CCc1nn(C)cc1NC(=O)c1ccc(Br)c(Cl)c1. The van der Waals surface area contributed by atoms with Gasteiger partial charge in [-0.3, -0.25) is 9.48 Å². The maximum Gasteiger partial charge on any atom is 0.255 e. The minimum absolute atomic E-state index is 0.197. The second-order valence-electron chi connectivity index (χ2n) is 4.10. The number of aryl methyl sites for hydroxylation is 2. The van der Waals surface area contributed by atoms with Crippen molar-refractivity contribution < 1.29 is 4.79 Å². The summed E-state index contributed by atoms with van der Waals surface area (Å²) >= 11 is 9.27. The van der Waals surface area contributed by atoms with Crippen molar-refractivity contribution in [3.05, 3.63) is 45.1 Å². The highest BCUT2D eigenvalue weighted by atomic mass is 79.9. The van der Waals surface area contributed by atoms with Crippen LogP contribution in [0.5, 0.6) is 0 Å². The molecule has 0 radical (unpaired) electrons. The first-order valence-electron chi connectivity index (χ1n) is 5.80. The number of halogens is 2. The largest absolute Gasteiger partial charge is 0.319 e. The van der Waals surface area contributed by atoms with Crippen molar-refractivity contribution in [2.75, 3.05) is 5.32 Å². The van der Waals surface area contributed by atoms with Gasteiger partial charge in [-0.05, 0) is 40.5 Å². The number of amides is 1. The molecule has 0 spiro atoms. The Labute approximate surface area is 124 Å². The van der Waals surface area contributed by atoms with Crippen LogP contribution < -0.4 is 5.32 Å². The van der Waals surface area contributed by atoms with Crippen molar-refractivity contribution in [1.82, 2.24) is 9.78 Å². The number of aromatic nitrogens is 2. The van der Waals surface area contributed by atoms with Crippen LogP contribution in [-0.2, 0) is 13.5 Å². The Hall–Kier alpha value is -1.33. The van der Waals surface area contributed by atoms with Gasteiger partial charge in [-0.1, -0.05) is 18.5 Å². The van der Waals surface area contributed by atoms with Crippen molar-refractivity contribution in [2.45, 2.75) is 13.3 Å². The number of hydrogen-bond acceptors (Lipinski definition) is 2. The molecule has 0 aliphatic heterocycles. The van der Waals surface area contributed by atoms with E-state index in [9.17, 15) is 4.79 Å². The summed E-state index contributed by atoms with van der Waals surface area (Å²) in [5.74, 6) is -0.197. The first-order chi connectivity index (χ1) is 9.01. The maximum atomic E-state index is 12.1. The standard InChI is InChI=1S/C13H13BrClN3O/c1-3-11-12(7-18(2)17-11)16-13(19)8-4-5-9(14)10(15)6-8/h4-7H,3H2,1-2H3,(H,16,19). The minimum atomic E-state index is -0.197. The highest BCUT2D eigenvalue weighted by molar-refractivity contribution is 9.10. The van der Waals surface area contributed by atoms with Crippen molar-refractivity contribution in [3.8, 4) is 0 Å². The van der Waals surface area contributed by atoms with Crippen molar-refractivity contribution in [2.24, 2.45) is 7.05 Å². The number of nitrogens with one attached hydrogen (secondary N) is 1. The Bertz CT molecular complexity index is 624. The zero-order valence-electron chi connectivity index (χ0n) is 10.6. The predicted molar refractivity (Wildman–Crippen MR) is 79.7 cm³/mol. The smallest absolute Gasteiger partial charge is 0.255 e. The van der Waals surface area contributed by atoms with E-state index in [1.54, 1.807) is 29.1 Å². The molecule has 6 heteroatoms. The molecule has 0 saturated carbocycles. The van der Waals surface area contributed by atoms with E-state index in [0.717, 1.165) is 22.3 Å². The first kappa shape index (κ1) is 14.1. The van der Waals surface area contributed by atoms with E-state index in [0.29, 0.717) is 10.6 Å². The van der Waals surface area contributed by atoms with Crippen LogP contribution in [0, 0.1) is 0 Å². The summed E-state index contributed by atoms with van der Waals surface area (Å²) in [5.41, 5.74) is 2.10. The van der Waals surface area contributed by atoms with Gasteiger partial charge in [-0.2, -0.15) is 5.10 Å². The van der Waals surface area contributed by atoms with E-state index >= 15 is 0 Å². The molecule has 1 aromatic carbocycles. The third-order valence-corrected chi connectivity index (χ3v) is 3.90. The lowest BCUT2D eigenvalue weighted by atomic mass is 10.2. The van der Waals surface area contributed by atoms with Crippen LogP contribution in [-0.4, -0.2) is 15.7 Å². The summed E-state index contributed by atoms with van der Waals surface area (Å²) in [6, 6.07) is 5.09. The molecule has 19 heavy (non-hydrogen) atoms. The molecule has 4 nitrogen and oxygen atoms in total. The first-order valence-corrected chi connectivity index (χ1v) is 6.97. The van der Waals surface area contributed by atoms with Crippen LogP contribution in [0.3, 0.4) is 0 Å². The molecule has 0 aliphatic carbocycles. The van der Waals surface area contributed by atoms with E-state index in [4.69, 9.17) is 11.6 Å². The molecule has 0 bridgehead atoms. The molecule has 1 N–H and O–H groups in total. The van der Waals surface area contributed by atoms with Gasteiger partial charge in [0.25, 0.3) is 5.91 Å². The van der Waals surface area contributed by atoms with Crippen LogP contribution in [0.1, 0.15) is 23.0 Å². The zero-order valence-corrected chi connectivity index (χ0v) is 12.9. The Balaban J connectivity index is 2.22. The Kier molecular flexibility index (Phi) is 4.27. The number of benzene rings is 1. The summed E-state index contributed by atoms with van der Waals surface area (Å²) in [4.78, 5) is 12.1. The molecular weight excluding hydrogens is 330 g/mol. The summed E-state index contributed by atoms with van der Waals surface area (Å²) in [5, 5.41) is 7.63. The predicted octanol–water partition coefficient (Wildman–Crippen LogP) is 3.65. The molecule has 0 fully saturated rings. The summed E-state index contributed by atoms with van der Waals surface area (Å²) < 4.78 is 2.45. The number of nitrogens with zero attached hydrogens (tertiary/aromatic N) is 2. The molecule has 1 aromatic heterocycles. The second-order valence-corrected chi connectivity index (χ2v) is 5.36. The molecule has 0 aliphatic rings. The lowest BCUT2D eigenvalue weighted by molar-refractivity contribution is 0.102. The summed E-state index contributed by atoms with van der Waals surface area (Å²) in [6.45, 7) is 1.99. The van der Waals surface area contributed by atoms with Crippen LogP contribution in [0.4, 0.5) is 5.69 Å². The average molecular weight is 343 g/mol. The van der Waals surface area contributed by atoms with Crippen LogP contribution in [0.2, 0.25) is 5.02 Å². The van der Waals surface area contributed by atoms with E-state index in [1.807, 2.05) is 14.0 Å². The molecule has 1 heterocycles. The fourth-order valence-electron chi connectivity index (χ4n) is 1.73. The topological polar surface area (TPSA) is 46.9 Å². The van der Waals surface area contributed by atoms with Crippen molar-refractivity contribution in [1.29, 1.82) is 0 Å². The normalized spacial score (nSPS) is 10.5. The third-order valence-electron chi connectivity index (χ3n) is 2.67. The summed E-state index contributed by atoms with van der Waals surface area (Å²) in [7, 11) is 1.82. The Morgan fingerprint density at radius 3 is 2.89 bits per heavy atom. The maximum absolute atomic E-state index is 12.1. The molecule has 0 unspecified atom stereocenters. The van der Waals surface area contributed by atoms with Gasteiger partial charge in [0, 0.05) is 23.3 Å². The quantitative estimate of drug-likeness (QED) is 0.925. The molecule has 2 aromatic rings. The highest BCUT2D eigenvalue weighted by Gasteiger charge is 2.12. The number of anilines is 1. The van der Waals surface area contributed by atoms with Gasteiger partial charge in [0.15, 0.2) is 0 Å². The van der Waals surface area contributed by atoms with Crippen LogP contribution >= 0.6 is 27.5 Å². The number of carbonyl (C=O) groups excluding carboxylic acids is 1. The lowest BCUT2D eigenvalue weighted by Gasteiger charge is -2.05. The third kappa shape index (κ3) is 3.16. The van der Waals surface area contributed by atoms with Gasteiger partial charge >= 0.3 is 0 Å². The van der Waals surface area contributed by atoms with E-state index in [1.165, 1.54) is 0 Å². The molecule has 100 valence electrons. The average Bonchev–Trinajstić information content (AvgIpc) is 2.72. The fraction of sp³-hybridized carbons (Fsp3) is 0.231. The van der Waals surface area contributed by atoms with Gasteiger partial charge in [0.2, 0.25) is 0 Å². The highest BCUT2D eigenvalue weighted by Crippen LogP contribution is 2.24. The van der Waals surface area contributed by atoms with Crippen LogP contribution in [0.15, 0.2) is 28.9 Å². The number of rotatable bonds is 3. The monoisotopic (exact) mass is 341 g/mol.